The van der Waals surface area contributed by atoms with Crippen LogP contribution in [0.1, 0.15) is 23.7 Å². The third kappa shape index (κ3) is 3.15. The number of carbonyl (C=O) groups excluding carboxylic acids is 1. The van der Waals surface area contributed by atoms with Gasteiger partial charge in [0, 0.05) is 11.4 Å². The molecular weight excluding hydrogens is 338 g/mol. The lowest BCUT2D eigenvalue weighted by molar-refractivity contribution is 0.0877. The SMILES string of the molecule is CC1(C(=O)c2c(F)cccc2F)CC=C(Nc2ccc(N)cc2)N=C1N. The fourth-order valence-electron chi connectivity index (χ4n) is 2.70. The van der Waals surface area contributed by atoms with E-state index in [1.54, 1.807) is 30.3 Å². The van der Waals surface area contributed by atoms with Gasteiger partial charge in [-0.3, -0.25) is 4.79 Å². The Bertz CT molecular complexity index is 901. The van der Waals surface area contributed by atoms with E-state index in [0.717, 1.165) is 17.8 Å². The quantitative estimate of drug-likeness (QED) is 0.578. The molecule has 1 aliphatic rings. The van der Waals surface area contributed by atoms with Crippen molar-refractivity contribution < 1.29 is 13.6 Å². The maximum Gasteiger partial charge on any atom is 0.182 e. The number of hydrogen-bond acceptors (Lipinski definition) is 5. The summed E-state index contributed by atoms with van der Waals surface area (Å²) in [4.78, 5) is 17.0. The van der Waals surface area contributed by atoms with Gasteiger partial charge in [0.15, 0.2) is 5.78 Å². The smallest absolute Gasteiger partial charge is 0.182 e. The number of nitrogens with two attached hydrogens (primary N) is 2. The van der Waals surface area contributed by atoms with Crippen LogP contribution in [0.25, 0.3) is 0 Å². The van der Waals surface area contributed by atoms with Gasteiger partial charge in [-0.25, -0.2) is 13.8 Å². The van der Waals surface area contributed by atoms with Crippen molar-refractivity contribution in [3.63, 3.8) is 0 Å². The molecule has 0 bridgehead atoms. The van der Waals surface area contributed by atoms with E-state index in [1.165, 1.54) is 13.0 Å². The minimum Gasteiger partial charge on any atom is -0.399 e. The fourth-order valence-corrected chi connectivity index (χ4v) is 2.70. The van der Waals surface area contributed by atoms with Crippen LogP contribution in [0.15, 0.2) is 59.4 Å². The highest BCUT2D eigenvalue weighted by Gasteiger charge is 2.41. The fraction of sp³-hybridized carbons (Fsp3) is 0.158. The van der Waals surface area contributed by atoms with E-state index in [4.69, 9.17) is 11.5 Å². The lowest BCUT2D eigenvalue weighted by atomic mass is 9.77. The maximum atomic E-state index is 14.0. The first-order valence-electron chi connectivity index (χ1n) is 7.97. The Morgan fingerprint density at radius 2 is 1.73 bits per heavy atom. The van der Waals surface area contributed by atoms with Crippen LogP contribution in [0.4, 0.5) is 20.2 Å². The second-order valence-electron chi connectivity index (χ2n) is 6.30. The van der Waals surface area contributed by atoms with E-state index < -0.39 is 28.4 Å². The minimum absolute atomic E-state index is 0.00871. The molecule has 1 atom stereocenters. The van der Waals surface area contributed by atoms with E-state index in [-0.39, 0.29) is 12.3 Å². The van der Waals surface area contributed by atoms with Gasteiger partial charge < -0.3 is 16.8 Å². The van der Waals surface area contributed by atoms with Crippen molar-refractivity contribution in [1.82, 2.24) is 0 Å². The summed E-state index contributed by atoms with van der Waals surface area (Å²) < 4.78 is 27.9. The molecule has 0 radical (unpaired) electrons. The molecule has 1 aliphatic heterocycles. The number of nitrogen functional groups attached to an aromatic ring is 1. The summed E-state index contributed by atoms with van der Waals surface area (Å²) in [6.45, 7) is 1.52. The molecule has 0 saturated carbocycles. The maximum absolute atomic E-state index is 14.0. The van der Waals surface area contributed by atoms with Crippen molar-refractivity contribution in [3.05, 3.63) is 71.6 Å². The molecule has 0 aromatic heterocycles. The molecule has 0 fully saturated rings. The van der Waals surface area contributed by atoms with Crippen LogP contribution in [-0.2, 0) is 0 Å². The van der Waals surface area contributed by atoms with Crippen molar-refractivity contribution in [2.45, 2.75) is 13.3 Å². The summed E-state index contributed by atoms with van der Waals surface area (Å²) in [5, 5.41) is 3.06. The first kappa shape index (κ1) is 17.6. The second kappa shape index (κ2) is 6.59. The van der Waals surface area contributed by atoms with Gasteiger partial charge in [-0.1, -0.05) is 6.07 Å². The highest BCUT2D eigenvalue weighted by Crippen LogP contribution is 2.33. The van der Waals surface area contributed by atoms with Gasteiger partial charge in [0.05, 0.1) is 11.0 Å². The number of nitrogens with one attached hydrogen (secondary N) is 1. The van der Waals surface area contributed by atoms with E-state index in [0.29, 0.717) is 11.5 Å². The molecule has 0 amide bonds. The Hall–Kier alpha value is -3.22. The predicted molar refractivity (Wildman–Crippen MR) is 97.6 cm³/mol. The summed E-state index contributed by atoms with van der Waals surface area (Å²) in [6, 6.07) is 10.3. The van der Waals surface area contributed by atoms with Crippen molar-refractivity contribution in [2.24, 2.45) is 16.1 Å². The molecule has 1 heterocycles. The van der Waals surface area contributed by atoms with E-state index in [1.807, 2.05) is 0 Å². The van der Waals surface area contributed by atoms with E-state index >= 15 is 0 Å². The predicted octanol–water partition coefficient (Wildman–Crippen LogP) is 3.45. The first-order valence-corrected chi connectivity index (χ1v) is 7.97. The average Bonchev–Trinajstić information content (AvgIpc) is 2.60. The molecule has 26 heavy (non-hydrogen) atoms. The lowest BCUT2D eigenvalue weighted by Crippen LogP contribution is -2.43. The van der Waals surface area contributed by atoms with Gasteiger partial charge in [0.2, 0.25) is 0 Å². The number of nitrogens with zero attached hydrogens (tertiary/aromatic N) is 1. The van der Waals surface area contributed by atoms with Crippen molar-refractivity contribution in [1.29, 1.82) is 0 Å². The molecule has 134 valence electrons. The van der Waals surface area contributed by atoms with Crippen molar-refractivity contribution >= 4 is 23.0 Å². The Morgan fingerprint density at radius 3 is 2.31 bits per heavy atom. The van der Waals surface area contributed by atoms with Crippen LogP contribution in [0.2, 0.25) is 0 Å². The van der Waals surface area contributed by atoms with Crippen LogP contribution in [0.5, 0.6) is 0 Å². The molecule has 2 aromatic rings. The van der Waals surface area contributed by atoms with Gasteiger partial charge in [0.25, 0.3) is 0 Å². The number of aliphatic imine (C=N–C) groups is 1. The zero-order valence-corrected chi connectivity index (χ0v) is 14.1. The summed E-state index contributed by atoms with van der Waals surface area (Å²) in [6.07, 6.45) is 1.83. The normalized spacial score (nSPS) is 19.5. The van der Waals surface area contributed by atoms with Crippen LogP contribution in [0.3, 0.4) is 0 Å². The molecule has 7 heteroatoms. The number of ketones is 1. The van der Waals surface area contributed by atoms with E-state index in [2.05, 4.69) is 10.3 Å². The molecule has 2 aromatic carbocycles. The Balaban J connectivity index is 1.85. The summed E-state index contributed by atoms with van der Waals surface area (Å²) in [5.41, 5.74) is 11.1. The number of halogens is 2. The summed E-state index contributed by atoms with van der Waals surface area (Å²) >= 11 is 0. The molecule has 5 N–H and O–H groups in total. The Labute approximate surface area is 149 Å². The average molecular weight is 356 g/mol. The number of hydrogen-bond donors (Lipinski definition) is 3. The van der Waals surface area contributed by atoms with Gasteiger partial charge >= 0.3 is 0 Å². The molecule has 1 unspecified atom stereocenters. The van der Waals surface area contributed by atoms with E-state index in [9.17, 15) is 13.6 Å². The number of amidine groups is 1. The van der Waals surface area contributed by atoms with Gasteiger partial charge in [0.1, 0.15) is 23.3 Å². The number of rotatable bonds is 4. The number of carbonyl (C=O) groups is 1. The van der Waals surface area contributed by atoms with Crippen LogP contribution in [-0.4, -0.2) is 11.6 Å². The van der Waals surface area contributed by atoms with Crippen LogP contribution < -0.4 is 16.8 Å². The summed E-state index contributed by atoms with van der Waals surface area (Å²) in [7, 11) is 0. The first-order chi connectivity index (χ1) is 12.3. The Morgan fingerprint density at radius 1 is 1.12 bits per heavy atom. The molecule has 0 aliphatic carbocycles. The van der Waals surface area contributed by atoms with Gasteiger partial charge in [-0.05, 0) is 55.8 Å². The number of Topliss-reactive ketones (excluding diaryl/α,β-unsaturated/α-hetero) is 1. The molecule has 3 rings (SSSR count). The third-order valence-corrected chi connectivity index (χ3v) is 4.38. The number of allylic oxidation sites excluding steroid dienone is 1. The van der Waals surface area contributed by atoms with Crippen molar-refractivity contribution in [3.8, 4) is 0 Å². The number of benzene rings is 2. The van der Waals surface area contributed by atoms with Gasteiger partial charge in [-0.15, -0.1) is 0 Å². The zero-order chi connectivity index (χ0) is 18.9. The summed E-state index contributed by atoms with van der Waals surface area (Å²) in [5.74, 6) is -2.13. The third-order valence-electron chi connectivity index (χ3n) is 4.38. The largest absolute Gasteiger partial charge is 0.399 e. The highest BCUT2D eigenvalue weighted by molar-refractivity contribution is 6.15. The monoisotopic (exact) mass is 356 g/mol. The Kier molecular flexibility index (Phi) is 4.46. The standard InChI is InChI=1S/C19H18F2N4O/c1-19(17(26)16-13(20)3-2-4-14(16)21)10-9-15(25-18(19)23)24-12-7-5-11(22)6-8-12/h2-9,24H,10,22H2,1H3,(H2,23,25). The minimum atomic E-state index is -1.32. The highest BCUT2D eigenvalue weighted by atomic mass is 19.1. The van der Waals surface area contributed by atoms with Crippen LogP contribution >= 0.6 is 0 Å². The number of anilines is 2. The van der Waals surface area contributed by atoms with Gasteiger partial charge in [-0.2, -0.15) is 0 Å². The zero-order valence-electron chi connectivity index (χ0n) is 14.1. The topological polar surface area (TPSA) is 93.5 Å². The molecule has 0 saturated heterocycles. The molecule has 0 spiro atoms. The lowest BCUT2D eigenvalue weighted by Gasteiger charge is -2.30. The molecule has 5 nitrogen and oxygen atoms in total. The second-order valence-corrected chi connectivity index (χ2v) is 6.30. The van der Waals surface area contributed by atoms with Crippen molar-refractivity contribution in [2.75, 3.05) is 11.1 Å². The van der Waals surface area contributed by atoms with Crippen LogP contribution in [0, 0.1) is 17.0 Å². The molecular formula is C19H18F2N4O.